The molecular formula is C11H19N3O2S. The quantitative estimate of drug-likeness (QED) is 0.888. The highest BCUT2D eigenvalue weighted by Gasteiger charge is 2.24. The van der Waals surface area contributed by atoms with Crippen molar-refractivity contribution >= 4 is 10.0 Å². The number of aryl methyl sites for hydroxylation is 1. The summed E-state index contributed by atoms with van der Waals surface area (Å²) in [6.45, 7) is 1.77. The first kappa shape index (κ1) is 12.6. The monoisotopic (exact) mass is 257 g/mol. The van der Waals surface area contributed by atoms with Crippen LogP contribution in [0.1, 0.15) is 37.8 Å². The molecule has 0 atom stereocenters. The summed E-state index contributed by atoms with van der Waals surface area (Å²) < 4.78 is 28.7. The van der Waals surface area contributed by atoms with Crippen LogP contribution in [0, 0.1) is 6.92 Å². The molecule has 0 aliphatic heterocycles. The van der Waals surface area contributed by atoms with Crippen LogP contribution in [0.25, 0.3) is 0 Å². The number of hydrogen-bond acceptors (Lipinski definition) is 3. The second kappa shape index (κ2) is 4.78. The van der Waals surface area contributed by atoms with E-state index in [0.29, 0.717) is 10.6 Å². The zero-order valence-electron chi connectivity index (χ0n) is 10.3. The Morgan fingerprint density at radius 3 is 2.53 bits per heavy atom. The summed E-state index contributed by atoms with van der Waals surface area (Å²) in [6, 6.07) is 0.0911. The minimum Gasteiger partial charge on any atom is -0.272 e. The van der Waals surface area contributed by atoms with E-state index in [4.69, 9.17) is 0 Å². The highest BCUT2D eigenvalue weighted by Crippen LogP contribution is 2.20. The molecule has 0 bridgehead atoms. The summed E-state index contributed by atoms with van der Waals surface area (Å²) in [5.74, 6) is 0. The van der Waals surface area contributed by atoms with E-state index < -0.39 is 10.0 Å². The average Bonchev–Trinajstić information content (AvgIpc) is 2.61. The third-order valence-corrected chi connectivity index (χ3v) is 5.03. The lowest BCUT2D eigenvalue weighted by atomic mass is 9.96. The van der Waals surface area contributed by atoms with Gasteiger partial charge >= 0.3 is 0 Å². The highest BCUT2D eigenvalue weighted by atomic mass is 32.2. The highest BCUT2D eigenvalue weighted by molar-refractivity contribution is 7.89. The Bertz CT molecular complexity index is 487. The summed E-state index contributed by atoms with van der Waals surface area (Å²) in [5.41, 5.74) is 0.674. The lowest BCUT2D eigenvalue weighted by Gasteiger charge is -2.22. The smallest absolute Gasteiger partial charge is 0.244 e. The Kier molecular flexibility index (Phi) is 3.53. The Morgan fingerprint density at radius 2 is 2.00 bits per heavy atom. The van der Waals surface area contributed by atoms with Crippen LogP contribution in [0.2, 0.25) is 0 Å². The third kappa shape index (κ3) is 2.69. The van der Waals surface area contributed by atoms with Crippen molar-refractivity contribution in [1.29, 1.82) is 0 Å². The Labute approximate surface area is 102 Å². The fourth-order valence-corrected chi connectivity index (χ4v) is 3.75. The first-order chi connectivity index (χ1) is 8.00. The van der Waals surface area contributed by atoms with E-state index in [-0.39, 0.29) is 6.04 Å². The molecule has 1 aromatic heterocycles. The molecule has 0 saturated heterocycles. The Balaban J connectivity index is 2.16. The first-order valence-electron chi connectivity index (χ1n) is 6.01. The molecule has 17 heavy (non-hydrogen) atoms. The van der Waals surface area contributed by atoms with Crippen molar-refractivity contribution in [2.75, 3.05) is 0 Å². The minimum absolute atomic E-state index is 0.0911. The molecule has 5 nitrogen and oxygen atoms in total. The maximum Gasteiger partial charge on any atom is 0.244 e. The zero-order chi connectivity index (χ0) is 12.5. The number of aromatic nitrogens is 2. The van der Waals surface area contributed by atoms with E-state index >= 15 is 0 Å². The van der Waals surface area contributed by atoms with Gasteiger partial charge in [0.05, 0.1) is 11.9 Å². The van der Waals surface area contributed by atoms with Gasteiger partial charge in [-0.05, 0) is 19.8 Å². The van der Waals surface area contributed by atoms with Gasteiger partial charge in [-0.3, -0.25) is 4.68 Å². The summed E-state index contributed by atoms with van der Waals surface area (Å²) in [7, 11) is -1.66. The normalized spacial score (nSPS) is 18.5. The maximum absolute atomic E-state index is 12.2. The predicted octanol–water partition coefficient (Wildman–Crippen LogP) is 1.34. The molecule has 1 aliphatic carbocycles. The third-order valence-electron chi connectivity index (χ3n) is 3.41. The van der Waals surface area contributed by atoms with Crippen molar-refractivity contribution < 1.29 is 8.42 Å². The number of hydrogen-bond donors (Lipinski definition) is 1. The molecule has 96 valence electrons. The second-order valence-electron chi connectivity index (χ2n) is 4.67. The summed E-state index contributed by atoms with van der Waals surface area (Å²) in [6.07, 6.45) is 6.74. The molecule has 1 saturated carbocycles. The van der Waals surface area contributed by atoms with Crippen molar-refractivity contribution in [2.24, 2.45) is 7.05 Å². The molecule has 6 heteroatoms. The minimum atomic E-state index is -3.40. The van der Waals surface area contributed by atoms with E-state index in [0.717, 1.165) is 25.7 Å². The van der Waals surface area contributed by atoms with Crippen LogP contribution in [0.15, 0.2) is 11.1 Å². The molecule has 0 unspecified atom stereocenters. The van der Waals surface area contributed by atoms with E-state index in [1.807, 2.05) is 0 Å². The summed E-state index contributed by atoms with van der Waals surface area (Å²) >= 11 is 0. The molecule has 0 radical (unpaired) electrons. The average molecular weight is 257 g/mol. The van der Waals surface area contributed by atoms with Crippen molar-refractivity contribution in [1.82, 2.24) is 14.5 Å². The van der Waals surface area contributed by atoms with Gasteiger partial charge in [-0.25, -0.2) is 13.1 Å². The molecule has 1 heterocycles. The van der Waals surface area contributed by atoms with Crippen molar-refractivity contribution in [2.45, 2.75) is 50.0 Å². The molecule has 0 aromatic carbocycles. The molecule has 1 N–H and O–H groups in total. The van der Waals surface area contributed by atoms with Gasteiger partial charge in [-0.2, -0.15) is 5.10 Å². The van der Waals surface area contributed by atoms with Crippen molar-refractivity contribution in [3.8, 4) is 0 Å². The van der Waals surface area contributed by atoms with Crippen LogP contribution >= 0.6 is 0 Å². The second-order valence-corrected chi connectivity index (χ2v) is 6.36. The first-order valence-corrected chi connectivity index (χ1v) is 7.50. The number of nitrogens with zero attached hydrogens (tertiary/aromatic N) is 2. The van der Waals surface area contributed by atoms with Gasteiger partial charge in [-0.15, -0.1) is 0 Å². The van der Waals surface area contributed by atoms with Crippen LogP contribution in [0.4, 0.5) is 0 Å². The molecule has 1 aliphatic rings. The number of nitrogens with one attached hydrogen (secondary N) is 1. The molecule has 1 fully saturated rings. The van der Waals surface area contributed by atoms with Crippen LogP contribution in [0.3, 0.4) is 0 Å². The van der Waals surface area contributed by atoms with Crippen LogP contribution < -0.4 is 4.72 Å². The molecule has 0 spiro atoms. The predicted molar refractivity (Wildman–Crippen MR) is 65.1 cm³/mol. The molecular weight excluding hydrogens is 238 g/mol. The Morgan fingerprint density at radius 1 is 1.35 bits per heavy atom. The van der Waals surface area contributed by atoms with Crippen LogP contribution in [-0.4, -0.2) is 24.2 Å². The van der Waals surface area contributed by atoms with Crippen LogP contribution in [0.5, 0.6) is 0 Å². The Hall–Kier alpha value is -0.880. The summed E-state index contributed by atoms with van der Waals surface area (Å²) in [5, 5.41) is 3.97. The standard InChI is InChI=1S/C11H19N3O2S/c1-9-11(8-12-14(9)2)17(15,16)13-10-6-4-3-5-7-10/h8,10,13H,3-7H2,1-2H3. The molecule has 1 aromatic rings. The number of rotatable bonds is 3. The van der Waals surface area contributed by atoms with E-state index in [1.165, 1.54) is 12.6 Å². The van der Waals surface area contributed by atoms with E-state index in [9.17, 15) is 8.42 Å². The van der Waals surface area contributed by atoms with Gasteiger partial charge in [0.15, 0.2) is 0 Å². The van der Waals surface area contributed by atoms with E-state index in [2.05, 4.69) is 9.82 Å². The lowest BCUT2D eigenvalue weighted by Crippen LogP contribution is -2.36. The van der Waals surface area contributed by atoms with E-state index in [1.54, 1.807) is 18.7 Å². The van der Waals surface area contributed by atoms with Gasteiger partial charge in [0.1, 0.15) is 4.90 Å². The van der Waals surface area contributed by atoms with Gasteiger partial charge in [0.2, 0.25) is 10.0 Å². The van der Waals surface area contributed by atoms with Crippen molar-refractivity contribution in [3.05, 3.63) is 11.9 Å². The summed E-state index contributed by atoms with van der Waals surface area (Å²) in [4.78, 5) is 0.297. The largest absolute Gasteiger partial charge is 0.272 e. The molecule has 2 rings (SSSR count). The van der Waals surface area contributed by atoms with Gasteiger partial charge < -0.3 is 0 Å². The molecule has 0 amide bonds. The SMILES string of the molecule is Cc1c(S(=O)(=O)NC2CCCCC2)cnn1C. The maximum atomic E-state index is 12.2. The van der Waals surface area contributed by atoms with Gasteiger partial charge in [0.25, 0.3) is 0 Å². The van der Waals surface area contributed by atoms with Crippen LogP contribution in [-0.2, 0) is 17.1 Å². The number of sulfonamides is 1. The topological polar surface area (TPSA) is 64.0 Å². The lowest BCUT2D eigenvalue weighted by molar-refractivity contribution is 0.412. The van der Waals surface area contributed by atoms with Gasteiger partial charge in [0, 0.05) is 13.1 Å². The fraction of sp³-hybridized carbons (Fsp3) is 0.727. The fourth-order valence-electron chi connectivity index (χ4n) is 2.25. The zero-order valence-corrected chi connectivity index (χ0v) is 11.1. The van der Waals surface area contributed by atoms with Gasteiger partial charge in [-0.1, -0.05) is 19.3 Å². The van der Waals surface area contributed by atoms with Crippen molar-refractivity contribution in [3.63, 3.8) is 0 Å².